The first kappa shape index (κ1) is 9.38. The third-order valence-corrected chi connectivity index (χ3v) is 3.48. The van der Waals surface area contributed by atoms with Crippen molar-refractivity contribution in [3.05, 3.63) is 0 Å². The standard InChI is InChI=1S/C10H19Cl/c1-3-4-5-6-10(7-8-10)9(2)11/h9H,3-8H2,1-2H3. The molecule has 0 amide bonds. The molecular weight excluding hydrogens is 156 g/mol. The normalized spacial score (nSPS) is 23.2. The Labute approximate surface area is 75.3 Å². The molecule has 0 N–H and O–H groups in total. The van der Waals surface area contributed by atoms with Crippen molar-refractivity contribution in [1.29, 1.82) is 0 Å². The van der Waals surface area contributed by atoms with E-state index >= 15 is 0 Å². The zero-order valence-corrected chi connectivity index (χ0v) is 8.45. The maximum absolute atomic E-state index is 6.11. The number of rotatable bonds is 5. The first-order chi connectivity index (χ1) is 5.21. The van der Waals surface area contributed by atoms with Crippen LogP contribution in [0.1, 0.15) is 52.4 Å². The van der Waals surface area contributed by atoms with Crippen LogP contribution in [0.3, 0.4) is 0 Å². The van der Waals surface area contributed by atoms with Crippen molar-refractivity contribution < 1.29 is 0 Å². The third-order valence-electron chi connectivity index (χ3n) is 3.01. The molecule has 0 spiro atoms. The van der Waals surface area contributed by atoms with Gasteiger partial charge in [-0.2, -0.15) is 0 Å². The highest BCUT2D eigenvalue weighted by Crippen LogP contribution is 2.54. The summed E-state index contributed by atoms with van der Waals surface area (Å²) in [5.74, 6) is 0. The molecule has 1 saturated carbocycles. The average Bonchev–Trinajstić information content (AvgIpc) is 2.70. The molecule has 0 saturated heterocycles. The second-order valence-electron chi connectivity index (χ2n) is 3.94. The molecule has 66 valence electrons. The zero-order chi connectivity index (χ0) is 8.32. The van der Waals surface area contributed by atoms with Gasteiger partial charge in [0.05, 0.1) is 0 Å². The smallest absolute Gasteiger partial charge is 0.0364 e. The quantitative estimate of drug-likeness (QED) is 0.437. The van der Waals surface area contributed by atoms with Crippen LogP contribution in [0.4, 0.5) is 0 Å². The lowest BCUT2D eigenvalue weighted by Crippen LogP contribution is -2.11. The van der Waals surface area contributed by atoms with Crippen LogP contribution in [-0.4, -0.2) is 5.38 Å². The number of unbranched alkanes of at least 4 members (excludes halogenated alkanes) is 2. The van der Waals surface area contributed by atoms with Crippen LogP contribution < -0.4 is 0 Å². The Morgan fingerprint density at radius 1 is 1.36 bits per heavy atom. The molecule has 1 rings (SSSR count). The van der Waals surface area contributed by atoms with E-state index in [0.717, 1.165) is 0 Å². The highest BCUT2D eigenvalue weighted by Gasteiger charge is 2.45. The van der Waals surface area contributed by atoms with Crippen LogP contribution in [0.2, 0.25) is 0 Å². The van der Waals surface area contributed by atoms with Crippen molar-refractivity contribution in [2.24, 2.45) is 5.41 Å². The molecule has 0 heterocycles. The van der Waals surface area contributed by atoms with E-state index in [2.05, 4.69) is 13.8 Å². The molecule has 1 unspecified atom stereocenters. The van der Waals surface area contributed by atoms with E-state index in [0.29, 0.717) is 10.8 Å². The van der Waals surface area contributed by atoms with E-state index in [1.807, 2.05) is 0 Å². The van der Waals surface area contributed by atoms with E-state index in [1.165, 1.54) is 38.5 Å². The summed E-state index contributed by atoms with van der Waals surface area (Å²) in [6.07, 6.45) is 8.21. The molecule has 0 bridgehead atoms. The van der Waals surface area contributed by atoms with Gasteiger partial charge in [0.2, 0.25) is 0 Å². The van der Waals surface area contributed by atoms with Gasteiger partial charge in [-0.3, -0.25) is 0 Å². The van der Waals surface area contributed by atoms with Gasteiger partial charge in [-0.15, -0.1) is 11.6 Å². The van der Waals surface area contributed by atoms with Gasteiger partial charge in [-0.25, -0.2) is 0 Å². The predicted octanol–water partition coefficient (Wildman–Crippen LogP) is 3.97. The summed E-state index contributed by atoms with van der Waals surface area (Å²) in [6, 6.07) is 0. The van der Waals surface area contributed by atoms with Crippen molar-refractivity contribution >= 4 is 11.6 Å². The maximum atomic E-state index is 6.11. The Kier molecular flexibility index (Phi) is 3.24. The number of hydrogen-bond donors (Lipinski definition) is 0. The van der Waals surface area contributed by atoms with Gasteiger partial charge < -0.3 is 0 Å². The van der Waals surface area contributed by atoms with Gasteiger partial charge in [0, 0.05) is 5.38 Å². The molecule has 11 heavy (non-hydrogen) atoms. The first-order valence-corrected chi connectivity index (χ1v) is 5.29. The topological polar surface area (TPSA) is 0 Å². The zero-order valence-electron chi connectivity index (χ0n) is 7.70. The van der Waals surface area contributed by atoms with Crippen molar-refractivity contribution in [3.8, 4) is 0 Å². The Morgan fingerprint density at radius 3 is 2.36 bits per heavy atom. The third kappa shape index (κ3) is 2.37. The van der Waals surface area contributed by atoms with E-state index in [-0.39, 0.29) is 0 Å². The molecule has 0 aromatic heterocycles. The Morgan fingerprint density at radius 2 is 2.00 bits per heavy atom. The summed E-state index contributed by atoms with van der Waals surface area (Å²) < 4.78 is 0. The SMILES string of the molecule is CCCCCC1(C(C)Cl)CC1. The monoisotopic (exact) mass is 174 g/mol. The highest BCUT2D eigenvalue weighted by molar-refractivity contribution is 6.21. The summed E-state index contributed by atoms with van der Waals surface area (Å²) in [4.78, 5) is 0. The molecule has 1 heteroatoms. The van der Waals surface area contributed by atoms with Crippen LogP contribution >= 0.6 is 11.6 Å². The molecule has 0 nitrogen and oxygen atoms in total. The second-order valence-corrected chi connectivity index (χ2v) is 4.59. The van der Waals surface area contributed by atoms with Crippen LogP contribution in [-0.2, 0) is 0 Å². The molecule has 0 aromatic carbocycles. The molecule has 1 atom stereocenters. The fourth-order valence-electron chi connectivity index (χ4n) is 1.73. The van der Waals surface area contributed by atoms with Gasteiger partial charge in [-0.05, 0) is 31.6 Å². The average molecular weight is 175 g/mol. The predicted molar refractivity (Wildman–Crippen MR) is 51.1 cm³/mol. The molecular formula is C10H19Cl. The van der Waals surface area contributed by atoms with Crippen LogP contribution in [0.5, 0.6) is 0 Å². The molecule has 1 fully saturated rings. The lowest BCUT2D eigenvalue weighted by molar-refractivity contribution is 0.431. The first-order valence-electron chi connectivity index (χ1n) is 4.85. The number of halogens is 1. The fourth-order valence-corrected chi connectivity index (χ4v) is 2.06. The second kappa shape index (κ2) is 3.80. The van der Waals surface area contributed by atoms with Gasteiger partial charge in [0.15, 0.2) is 0 Å². The van der Waals surface area contributed by atoms with E-state index in [4.69, 9.17) is 11.6 Å². The van der Waals surface area contributed by atoms with Gasteiger partial charge >= 0.3 is 0 Å². The highest BCUT2D eigenvalue weighted by atomic mass is 35.5. The molecule has 1 aliphatic rings. The lowest BCUT2D eigenvalue weighted by Gasteiger charge is -2.16. The van der Waals surface area contributed by atoms with E-state index in [9.17, 15) is 0 Å². The van der Waals surface area contributed by atoms with Crippen molar-refractivity contribution in [2.75, 3.05) is 0 Å². The van der Waals surface area contributed by atoms with Gasteiger partial charge in [0.25, 0.3) is 0 Å². The number of hydrogen-bond acceptors (Lipinski definition) is 0. The Hall–Kier alpha value is 0.290. The van der Waals surface area contributed by atoms with Gasteiger partial charge in [0.1, 0.15) is 0 Å². The summed E-state index contributed by atoms with van der Waals surface area (Å²) in [5, 5.41) is 0.402. The summed E-state index contributed by atoms with van der Waals surface area (Å²) >= 11 is 6.11. The summed E-state index contributed by atoms with van der Waals surface area (Å²) in [5.41, 5.74) is 0.566. The van der Waals surface area contributed by atoms with E-state index in [1.54, 1.807) is 0 Å². The van der Waals surface area contributed by atoms with Crippen molar-refractivity contribution in [3.63, 3.8) is 0 Å². The van der Waals surface area contributed by atoms with Crippen molar-refractivity contribution in [1.82, 2.24) is 0 Å². The molecule has 0 aliphatic heterocycles. The minimum atomic E-state index is 0.402. The Bertz CT molecular complexity index is 114. The molecule has 0 aromatic rings. The van der Waals surface area contributed by atoms with Crippen LogP contribution in [0.15, 0.2) is 0 Å². The largest absolute Gasteiger partial charge is 0.123 e. The minimum absolute atomic E-state index is 0.402. The summed E-state index contributed by atoms with van der Waals surface area (Å²) in [7, 11) is 0. The van der Waals surface area contributed by atoms with Gasteiger partial charge in [-0.1, -0.05) is 26.2 Å². The fraction of sp³-hybridized carbons (Fsp3) is 1.00. The molecule has 1 aliphatic carbocycles. The van der Waals surface area contributed by atoms with Crippen molar-refractivity contribution in [2.45, 2.75) is 57.7 Å². The van der Waals surface area contributed by atoms with E-state index < -0.39 is 0 Å². The maximum Gasteiger partial charge on any atom is 0.0364 e. The number of alkyl halides is 1. The lowest BCUT2D eigenvalue weighted by atomic mass is 9.95. The Balaban J connectivity index is 2.14. The minimum Gasteiger partial charge on any atom is -0.123 e. The van der Waals surface area contributed by atoms with Crippen LogP contribution in [0.25, 0.3) is 0 Å². The molecule has 0 radical (unpaired) electrons. The summed E-state index contributed by atoms with van der Waals surface area (Å²) in [6.45, 7) is 4.41. The van der Waals surface area contributed by atoms with Crippen LogP contribution in [0, 0.1) is 5.41 Å².